The molecule has 0 fully saturated rings. The Morgan fingerprint density at radius 1 is 1.47 bits per heavy atom. The van der Waals surface area contributed by atoms with E-state index < -0.39 is 25.5 Å². The van der Waals surface area contributed by atoms with Gasteiger partial charge < -0.3 is 0 Å². The molecule has 0 atom stereocenters. The van der Waals surface area contributed by atoms with Gasteiger partial charge in [0, 0.05) is 10.5 Å². The smallest absolute Gasteiger partial charge is 0.258 e. The second-order valence-electron chi connectivity index (χ2n) is 2.90. The first kappa shape index (κ1) is 12.1. The highest BCUT2D eigenvalue weighted by Gasteiger charge is 2.26. The summed E-state index contributed by atoms with van der Waals surface area (Å²) in [6.07, 6.45) is 0. The molecule has 0 aliphatic carbocycles. The predicted molar refractivity (Wildman–Crippen MR) is 56.9 cm³/mol. The van der Waals surface area contributed by atoms with Crippen LogP contribution in [0.25, 0.3) is 0 Å². The molecule has 0 amide bonds. The molecular formula is C7H7BrN2O4S. The van der Waals surface area contributed by atoms with Crippen molar-refractivity contribution >= 4 is 31.6 Å². The lowest BCUT2D eigenvalue weighted by Gasteiger charge is -2.04. The zero-order chi connectivity index (χ0) is 11.8. The summed E-state index contributed by atoms with van der Waals surface area (Å²) in [6.45, 7) is 1.62. The van der Waals surface area contributed by atoms with Gasteiger partial charge in [-0.2, -0.15) is 0 Å². The van der Waals surface area contributed by atoms with Crippen LogP contribution in [0.15, 0.2) is 21.5 Å². The summed E-state index contributed by atoms with van der Waals surface area (Å²) >= 11 is 2.94. The van der Waals surface area contributed by atoms with E-state index in [2.05, 4.69) is 15.9 Å². The molecule has 0 saturated carbocycles. The summed E-state index contributed by atoms with van der Waals surface area (Å²) in [5, 5.41) is 15.5. The SMILES string of the molecule is Cc1cc(Br)c(S(N)(=O)=O)c([N+](=O)[O-])c1. The summed E-state index contributed by atoms with van der Waals surface area (Å²) < 4.78 is 22.4. The Kier molecular flexibility index (Phi) is 3.12. The van der Waals surface area contributed by atoms with Gasteiger partial charge in [-0.25, -0.2) is 13.6 Å². The van der Waals surface area contributed by atoms with Gasteiger partial charge in [0.2, 0.25) is 10.0 Å². The highest BCUT2D eigenvalue weighted by atomic mass is 79.9. The molecule has 15 heavy (non-hydrogen) atoms. The van der Waals surface area contributed by atoms with Crippen molar-refractivity contribution in [1.29, 1.82) is 0 Å². The number of hydrogen-bond donors (Lipinski definition) is 1. The van der Waals surface area contributed by atoms with Crippen molar-refractivity contribution < 1.29 is 13.3 Å². The minimum atomic E-state index is -4.11. The van der Waals surface area contributed by atoms with Crippen LogP contribution in [0.4, 0.5) is 5.69 Å². The molecule has 0 aliphatic heterocycles. The van der Waals surface area contributed by atoms with E-state index in [1.807, 2.05) is 0 Å². The minimum absolute atomic E-state index is 0.0942. The fourth-order valence-corrected chi connectivity index (χ4v) is 3.12. The molecule has 0 heterocycles. The molecule has 0 aliphatic rings. The molecule has 0 spiro atoms. The maximum Gasteiger partial charge on any atom is 0.290 e. The lowest BCUT2D eigenvalue weighted by molar-refractivity contribution is -0.388. The van der Waals surface area contributed by atoms with Crippen molar-refractivity contribution in [3.63, 3.8) is 0 Å². The summed E-state index contributed by atoms with van der Waals surface area (Å²) in [7, 11) is -4.11. The van der Waals surface area contributed by atoms with Crippen LogP contribution in [0.2, 0.25) is 0 Å². The number of nitro benzene ring substituents is 1. The molecule has 0 aromatic heterocycles. The molecule has 1 aromatic rings. The van der Waals surface area contributed by atoms with Gasteiger partial charge in [0.15, 0.2) is 4.90 Å². The first-order chi connectivity index (χ1) is 6.73. The van der Waals surface area contributed by atoms with Crippen molar-refractivity contribution in [2.24, 2.45) is 5.14 Å². The number of primary sulfonamides is 1. The molecular weight excluding hydrogens is 288 g/mol. The van der Waals surface area contributed by atoms with Gasteiger partial charge in [-0.15, -0.1) is 0 Å². The molecule has 1 aromatic carbocycles. The largest absolute Gasteiger partial charge is 0.290 e. The quantitative estimate of drug-likeness (QED) is 0.656. The van der Waals surface area contributed by atoms with Crippen molar-refractivity contribution in [3.05, 3.63) is 32.3 Å². The molecule has 0 unspecified atom stereocenters. The Morgan fingerprint density at radius 2 is 2.00 bits per heavy atom. The Morgan fingerprint density at radius 3 is 2.40 bits per heavy atom. The summed E-state index contributed by atoms with van der Waals surface area (Å²) in [6, 6.07) is 2.61. The molecule has 2 N–H and O–H groups in total. The number of aryl methyl sites for hydroxylation is 1. The molecule has 8 heteroatoms. The number of rotatable bonds is 2. The van der Waals surface area contributed by atoms with Gasteiger partial charge in [-0.3, -0.25) is 10.1 Å². The lowest BCUT2D eigenvalue weighted by Crippen LogP contribution is -2.15. The maximum atomic E-state index is 11.1. The van der Waals surface area contributed by atoms with Crippen LogP contribution in [0.1, 0.15) is 5.56 Å². The number of nitro groups is 1. The van der Waals surface area contributed by atoms with Gasteiger partial charge in [-0.05, 0) is 34.5 Å². The molecule has 6 nitrogen and oxygen atoms in total. The van der Waals surface area contributed by atoms with Crippen molar-refractivity contribution in [2.45, 2.75) is 11.8 Å². The fourth-order valence-electron chi connectivity index (χ4n) is 1.13. The molecule has 0 saturated heterocycles. The van der Waals surface area contributed by atoms with Gasteiger partial charge >= 0.3 is 0 Å². The van der Waals surface area contributed by atoms with Crippen molar-refractivity contribution in [2.75, 3.05) is 0 Å². The normalized spacial score (nSPS) is 11.4. The number of nitrogens with two attached hydrogens (primary N) is 1. The van der Waals surface area contributed by atoms with E-state index in [0.717, 1.165) is 6.07 Å². The summed E-state index contributed by atoms with van der Waals surface area (Å²) in [5.74, 6) is 0. The van der Waals surface area contributed by atoms with Crippen molar-refractivity contribution in [1.82, 2.24) is 0 Å². The minimum Gasteiger partial charge on any atom is -0.258 e. The highest BCUT2D eigenvalue weighted by molar-refractivity contribution is 9.10. The number of nitrogens with zero attached hydrogens (tertiary/aromatic N) is 1. The molecule has 1 rings (SSSR count). The third-order valence-electron chi connectivity index (χ3n) is 1.65. The Labute approximate surface area is 94.4 Å². The van der Waals surface area contributed by atoms with E-state index in [9.17, 15) is 18.5 Å². The van der Waals surface area contributed by atoms with E-state index in [1.54, 1.807) is 6.92 Å². The Hall–Kier alpha value is -0.990. The topological polar surface area (TPSA) is 103 Å². The Bertz CT molecular complexity index is 526. The number of benzene rings is 1. The average molecular weight is 295 g/mol. The van der Waals surface area contributed by atoms with Gasteiger partial charge in [0.05, 0.1) is 4.92 Å². The number of hydrogen-bond acceptors (Lipinski definition) is 4. The Balaban J connectivity index is 3.70. The van der Waals surface area contributed by atoms with Crippen LogP contribution in [-0.2, 0) is 10.0 Å². The van der Waals surface area contributed by atoms with Gasteiger partial charge in [-0.1, -0.05) is 0 Å². The molecule has 82 valence electrons. The van der Waals surface area contributed by atoms with Crippen LogP contribution in [0.5, 0.6) is 0 Å². The zero-order valence-electron chi connectivity index (χ0n) is 7.60. The van der Waals surface area contributed by atoms with E-state index >= 15 is 0 Å². The maximum absolute atomic E-state index is 11.1. The zero-order valence-corrected chi connectivity index (χ0v) is 10.0. The first-order valence-electron chi connectivity index (χ1n) is 3.71. The van der Waals surface area contributed by atoms with Crippen LogP contribution in [-0.4, -0.2) is 13.3 Å². The third-order valence-corrected chi connectivity index (χ3v) is 3.54. The number of halogens is 1. The molecule has 0 bridgehead atoms. The van der Waals surface area contributed by atoms with Crippen LogP contribution >= 0.6 is 15.9 Å². The second kappa shape index (κ2) is 3.87. The average Bonchev–Trinajstić information content (AvgIpc) is 1.99. The van der Waals surface area contributed by atoms with E-state index in [0.29, 0.717) is 5.56 Å². The molecule has 0 radical (unpaired) electrons. The van der Waals surface area contributed by atoms with Crippen LogP contribution in [0, 0.1) is 17.0 Å². The van der Waals surface area contributed by atoms with Crippen LogP contribution in [0.3, 0.4) is 0 Å². The van der Waals surface area contributed by atoms with E-state index in [4.69, 9.17) is 5.14 Å². The summed E-state index contributed by atoms with van der Waals surface area (Å²) in [4.78, 5) is 9.36. The standard InChI is InChI=1S/C7H7BrN2O4S/c1-4-2-5(8)7(15(9,13)14)6(3-4)10(11)12/h2-3H,1H3,(H2,9,13,14). The van der Waals surface area contributed by atoms with E-state index in [-0.39, 0.29) is 4.47 Å². The van der Waals surface area contributed by atoms with Crippen molar-refractivity contribution in [3.8, 4) is 0 Å². The highest BCUT2D eigenvalue weighted by Crippen LogP contribution is 2.31. The number of sulfonamides is 1. The first-order valence-corrected chi connectivity index (χ1v) is 6.04. The fraction of sp³-hybridized carbons (Fsp3) is 0.143. The predicted octanol–water partition coefficient (Wildman–Crippen LogP) is 1.31. The van der Waals surface area contributed by atoms with Gasteiger partial charge in [0.1, 0.15) is 0 Å². The summed E-state index contributed by atoms with van der Waals surface area (Å²) in [5.41, 5.74) is 0.0466. The lowest BCUT2D eigenvalue weighted by atomic mass is 10.2. The van der Waals surface area contributed by atoms with Gasteiger partial charge in [0.25, 0.3) is 5.69 Å². The second-order valence-corrected chi connectivity index (χ2v) is 5.25. The third kappa shape index (κ3) is 2.52. The van der Waals surface area contributed by atoms with Crippen LogP contribution < -0.4 is 5.14 Å². The monoisotopic (exact) mass is 294 g/mol. The van der Waals surface area contributed by atoms with E-state index in [1.165, 1.54) is 6.07 Å².